The third-order valence-corrected chi connectivity index (χ3v) is 2.75. The van der Waals surface area contributed by atoms with Crippen LogP contribution in [-0.2, 0) is 6.42 Å². The molecule has 0 spiro atoms. The lowest BCUT2D eigenvalue weighted by Gasteiger charge is -2.14. The Kier molecular flexibility index (Phi) is 6.22. The second kappa shape index (κ2) is 7.45. The number of hydrogen-bond donors (Lipinski definition) is 1. The van der Waals surface area contributed by atoms with Crippen LogP contribution in [0.2, 0.25) is 5.15 Å². The van der Waals surface area contributed by atoms with E-state index in [9.17, 15) is 0 Å². The molecule has 1 aromatic heterocycles. The van der Waals surface area contributed by atoms with Crippen molar-refractivity contribution in [3.63, 3.8) is 0 Å². The number of aryl methyl sites for hydroxylation is 1. The number of hydrogen-bond acceptors (Lipinski definition) is 4. The summed E-state index contributed by atoms with van der Waals surface area (Å²) in [5.74, 6) is 1.63. The average Bonchev–Trinajstić information content (AvgIpc) is 2.28. The van der Waals surface area contributed by atoms with Crippen LogP contribution in [0.15, 0.2) is 6.07 Å². The Hall–Kier alpha value is -0.870. The Morgan fingerprint density at radius 3 is 2.76 bits per heavy atom. The summed E-state index contributed by atoms with van der Waals surface area (Å²) in [6, 6.07) is 1.77. The van der Waals surface area contributed by atoms with Gasteiger partial charge in [0.1, 0.15) is 16.8 Å². The molecule has 1 N–H and O–H groups in total. The molecule has 0 aliphatic carbocycles. The fraction of sp³-hybridized carbons (Fsp3) is 0.667. The number of rotatable bonds is 7. The summed E-state index contributed by atoms with van der Waals surface area (Å²) in [6.07, 6.45) is 1.89. The van der Waals surface area contributed by atoms with Crippen LogP contribution in [0, 0.1) is 0 Å². The van der Waals surface area contributed by atoms with Crippen LogP contribution in [0.3, 0.4) is 0 Å². The molecule has 0 aromatic carbocycles. The zero-order valence-electron chi connectivity index (χ0n) is 10.8. The molecule has 0 radical (unpaired) electrons. The van der Waals surface area contributed by atoms with Crippen molar-refractivity contribution in [1.82, 2.24) is 14.9 Å². The van der Waals surface area contributed by atoms with Gasteiger partial charge in [0.15, 0.2) is 0 Å². The predicted octanol–water partition coefficient (Wildman–Crippen LogP) is 2.45. The smallest absolute Gasteiger partial charge is 0.134 e. The molecule has 5 heteroatoms. The van der Waals surface area contributed by atoms with Crippen molar-refractivity contribution in [1.29, 1.82) is 0 Å². The first-order chi connectivity index (χ1) is 8.15. The van der Waals surface area contributed by atoms with E-state index in [-0.39, 0.29) is 0 Å². The number of anilines is 1. The van der Waals surface area contributed by atoms with Gasteiger partial charge in [0.2, 0.25) is 0 Å². The van der Waals surface area contributed by atoms with Crippen molar-refractivity contribution in [3.8, 4) is 0 Å². The van der Waals surface area contributed by atoms with E-state index in [4.69, 9.17) is 11.6 Å². The number of nitrogens with zero attached hydrogens (tertiary/aromatic N) is 3. The van der Waals surface area contributed by atoms with Gasteiger partial charge in [0.25, 0.3) is 0 Å². The number of aromatic nitrogens is 2. The van der Waals surface area contributed by atoms with Gasteiger partial charge in [-0.05, 0) is 20.0 Å². The van der Waals surface area contributed by atoms with E-state index in [0.717, 1.165) is 44.1 Å². The summed E-state index contributed by atoms with van der Waals surface area (Å²) >= 11 is 5.95. The lowest BCUT2D eigenvalue weighted by atomic mass is 10.3. The van der Waals surface area contributed by atoms with Crippen LogP contribution in [-0.4, -0.2) is 41.5 Å². The lowest BCUT2D eigenvalue weighted by Crippen LogP contribution is -2.25. The number of nitrogens with one attached hydrogen (secondary N) is 1. The Labute approximate surface area is 108 Å². The molecular weight excluding hydrogens is 236 g/mol. The molecule has 4 nitrogen and oxygen atoms in total. The summed E-state index contributed by atoms with van der Waals surface area (Å²) < 4.78 is 0. The van der Waals surface area contributed by atoms with E-state index >= 15 is 0 Å². The summed E-state index contributed by atoms with van der Waals surface area (Å²) in [4.78, 5) is 10.8. The molecule has 0 fully saturated rings. The van der Waals surface area contributed by atoms with E-state index in [1.54, 1.807) is 6.07 Å². The first kappa shape index (κ1) is 14.2. The van der Waals surface area contributed by atoms with Crippen LogP contribution >= 0.6 is 11.6 Å². The fourth-order valence-electron chi connectivity index (χ4n) is 1.42. The van der Waals surface area contributed by atoms with E-state index in [1.807, 2.05) is 0 Å². The van der Waals surface area contributed by atoms with E-state index < -0.39 is 0 Å². The monoisotopic (exact) mass is 256 g/mol. The summed E-state index contributed by atoms with van der Waals surface area (Å²) in [7, 11) is 2.09. The van der Waals surface area contributed by atoms with Crippen molar-refractivity contribution < 1.29 is 0 Å². The first-order valence-electron chi connectivity index (χ1n) is 6.11. The molecule has 96 valence electrons. The molecule has 17 heavy (non-hydrogen) atoms. The molecule has 0 amide bonds. The molecule has 0 aliphatic rings. The second-order valence-electron chi connectivity index (χ2n) is 4.06. The van der Waals surface area contributed by atoms with Gasteiger partial charge >= 0.3 is 0 Å². The van der Waals surface area contributed by atoms with Crippen molar-refractivity contribution in [2.24, 2.45) is 0 Å². The molecule has 0 atom stereocenters. The Morgan fingerprint density at radius 1 is 1.35 bits per heavy atom. The minimum Gasteiger partial charge on any atom is -0.369 e. The van der Waals surface area contributed by atoms with E-state index in [0.29, 0.717) is 5.15 Å². The molecule has 1 rings (SSSR count). The highest BCUT2D eigenvalue weighted by molar-refractivity contribution is 6.29. The van der Waals surface area contributed by atoms with Crippen LogP contribution < -0.4 is 5.32 Å². The molecule has 0 aliphatic heterocycles. The van der Waals surface area contributed by atoms with Crippen LogP contribution in [0.25, 0.3) is 0 Å². The zero-order chi connectivity index (χ0) is 12.7. The lowest BCUT2D eigenvalue weighted by molar-refractivity contribution is 0.367. The van der Waals surface area contributed by atoms with Gasteiger partial charge in [-0.2, -0.15) is 0 Å². The molecule has 1 aromatic rings. The van der Waals surface area contributed by atoms with Crippen molar-refractivity contribution in [2.75, 3.05) is 32.0 Å². The van der Waals surface area contributed by atoms with Gasteiger partial charge in [-0.15, -0.1) is 0 Å². The van der Waals surface area contributed by atoms with Gasteiger partial charge in [0, 0.05) is 25.6 Å². The molecule has 0 bridgehead atoms. The predicted molar refractivity (Wildman–Crippen MR) is 72.7 cm³/mol. The minimum atomic E-state index is 0.509. The van der Waals surface area contributed by atoms with Crippen LogP contribution in [0.4, 0.5) is 5.82 Å². The third-order valence-electron chi connectivity index (χ3n) is 2.55. The first-order valence-corrected chi connectivity index (χ1v) is 6.49. The van der Waals surface area contributed by atoms with E-state index in [2.05, 4.69) is 41.1 Å². The average molecular weight is 257 g/mol. The number of likely N-dealkylation sites (N-methyl/N-ethyl adjacent to an activating group) is 1. The standard InChI is InChI=1S/C12H21ClN4/c1-4-6-11-15-10(13)9-12(16-11)14-7-8-17(3)5-2/h9H,4-8H2,1-3H3,(H,14,15,16). The molecule has 0 saturated heterocycles. The van der Waals surface area contributed by atoms with Gasteiger partial charge in [-0.3, -0.25) is 0 Å². The van der Waals surface area contributed by atoms with Crippen LogP contribution in [0.1, 0.15) is 26.1 Å². The molecule has 0 unspecified atom stereocenters. The van der Waals surface area contributed by atoms with Gasteiger partial charge in [0.05, 0.1) is 0 Å². The summed E-state index contributed by atoms with van der Waals surface area (Å²) in [5, 5.41) is 3.78. The van der Waals surface area contributed by atoms with Crippen molar-refractivity contribution in [3.05, 3.63) is 17.0 Å². The Balaban J connectivity index is 2.52. The summed E-state index contributed by atoms with van der Waals surface area (Å²) in [6.45, 7) is 7.15. The highest BCUT2D eigenvalue weighted by Gasteiger charge is 2.02. The topological polar surface area (TPSA) is 41.1 Å². The summed E-state index contributed by atoms with van der Waals surface area (Å²) in [5.41, 5.74) is 0. The zero-order valence-corrected chi connectivity index (χ0v) is 11.6. The maximum atomic E-state index is 5.95. The molecular formula is C12H21ClN4. The quantitative estimate of drug-likeness (QED) is 0.761. The van der Waals surface area contributed by atoms with E-state index in [1.165, 1.54) is 0 Å². The SMILES string of the molecule is CCCc1nc(Cl)cc(NCCN(C)CC)n1. The fourth-order valence-corrected chi connectivity index (χ4v) is 1.62. The maximum absolute atomic E-state index is 5.95. The Morgan fingerprint density at radius 2 is 2.12 bits per heavy atom. The highest BCUT2D eigenvalue weighted by Crippen LogP contribution is 2.12. The normalized spacial score (nSPS) is 10.9. The highest BCUT2D eigenvalue weighted by atomic mass is 35.5. The van der Waals surface area contributed by atoms with Gasteiger partial charge < -0.3 is 10.2 Å². The largest absolute Gasteiger partial charge is 0.369 e. The van der Waals surface area contributed by atoms with Gasteiger partial charge in [-0.25, -0.2) is 9.97 Å². The second-order valence-corrected chi connectivity index (χ2v) is 4.45. The third kappa shape index (κ3) is 5.33. The molecule has 1 heterocycles. The number of halogens is 1. The maximum Gasteiger partial charge on any atom is 0.134 e. The minimum absolute atomic E-state index is 0.509. The van der Waals surface area contributed by atoms with Crippen LogP contribution in [0.5, 0.6) is 0 Å². The van der Waals surface area contributed by atoms with Crippen molar-refractivity contribution >= 4 is 17.4 Å². The van der Waals surface area contributed by atoms with Crippen molar-refractivity contribution in [2.45, 2.75) is 26.7 Å². The molecule has 0 saturated carbocycles. The van der Waals surface area contributed by atoms with Gasteiger partial charge in [-0.1, -0.05) is 25.4 Å². The Bertz CT molecular complexity index is 343.